The molecule has 80 valence electrons. The first-order chi connectivity index (χ1) is 6.65. The SMILES string of the molecule is CCC1CC1NC1(CC(=O)O)CNC1. The molecule has 4 nitrogen and oxygen atoms in total. The summed E-state index contributed by atoms with van der Waals surface area (Å²) in [6.07, 6.45) is 2.67. The van der Waals surface area contributed by atoms with E-state index in [1.807, 2.05) is 0 Å². The minimum atomic E-state index is -0.701. The van der Waals surface area contributed by atoms with Gasteiger partial charge in [-0.2, -0.15) is 0 Å². The molecular weight excluding hydrogens is 180 g/mol. The molecule has 4 heteroatoms. The monoisotopic (exact) mass is 198 g/mol. The lowest BCUT2D eigenvalue weighted by Gasteiger charge is -2.42. The number of hydrogen-bond donors (Lipinski definition) is 3. The summed E-state index contributed by atoms with van der Waals surface area (Å²) in [7, 11) is 0. The molecule has 2 rings (SSSR count). The van der Waals surface area contributed by atoms with E-state index in [-0.39, 0.29) is 12.0 Å². The van der Waals surface area contributed by atoms with Crippen LogP contribution in [0.15, 0.2) is 0 Å². The van der Waals surface area contributed by atoms with Crippen LogP contribution in [0.2, 0.25) is 0 Å². The normalized spacial score (nSPS) is 33.5. The van der Waals surface area contributed by atoms with Gasteiger partial charge in [0.1, 0.15) is 0 Å². The average Bonchev–Trinajstić information content (AvgIpc) is 2.78. The Balaban J connectivity index is 1.84. The zero-order chi connectivity index (χ0) is 10.2. The van der Waals surface area contributed by atoms with Gasteiger partial charge < -0.3 is 15.7 Å². The highest BCUT2D eigenvalue weighted by atomic mass is 16.4. The zero-order valence-electron chi connectivity index (χ0n) is 8.55. The van der Waals surface area contributed by atoms with E-state index in [2.05, 4.69) is 17.6 Å². The number of carboxylic acid groups (broad SMARTS) is 1. The van der Waals surface area contributed by atoms with E-state index in [4.69, 9.17) is 5.11 Å². The summed E-state index contributed by atoms with van der Waals surface area (Å²) in [5.74, 6) is 0.0777. The molecule has 2 fully saturated rings. The summed E-state index contributed by atoms with van der Waals surface area (Å²) in [5.41, 5.74) is -0.152. The summed E-state index contributed by atoms with van der Waals surface area (Å²) < 4.78 is 0. The maximum absolute atomic E-state index is 10.7. The molecule has 1 aliphatic carbocycles. The minimum absolute atomic E-state index is 0.152. The summed E-state index contributed by atoms with van der Waals surface area (Å²) in [5, 5.41) is 15.4. The Morgan fingerprint density at radius 2 is 2.36 bits per heavy atom. The van der Waals surface area contributed by atoms with Crippen molar-refractivity contribution in [3.8, 4) is 0 Å². The highest BCUT2D eigenvalue weighted by molar-refractivity contribution is 5.68. The molecule has 1 saturated heterocycles. The standard InChI is InChI=1S/C10H18N2O2/c1-2-7-3-8(7)12-10(4-9(13)14)5-11-6-10/h7-8,11-12H,2-6H2,1H3,(H,13,14). The fourth-order valence-electron chi connectivity index (χ4n) is 2.26. The quantitative estimate of drug-likeness (QED) is 0.590. The maximum Gasteiger partial charge on any atom is 0.305 e. The van der Waals surface area contributed by atoms with Gasteiger partial charge in [0.05, 0.1) is 12.0 Å². The van der Waals surface area contributed by atoms with Crippen molar-refractivity contribution in [3.05, 3.63) is 0 Å². The Morgan fingerprint density at radius 3 is 2.71 bits per heavy atom. The second kappa shape index (κ2) is 3.51. The first kappa shape index (κ1) is 9.93. The Morgan fingerprint density at radius 1 is 1.64 bits per heavy atom. The van der Waals surface area contributed by atoms with Gasteiger partial charge in [-0.05, 0) is 12.3 Å². The highest BCUT2D eigenvalue weighted by Gasteiger charge is 2.46. The van der Waals surface area contributed by atoms with Crippen LogP contribution in [-0.4, -0.2) is 35.7 Å². The molecular formula is C10H18N2O2. The van der Waals surface area contributed by atoms with Crippen LogP contribution in [0, 0.1) is 5.92 Å². The van der Waals surface area contributed by atoms with Gasteiger partial charge >= 0.3 is 5.97 Å². The Hall–Kier alpha value is -0.610. The van der Waals surface area contributed by atoms with Gasteiger partial charge in [0.2, 0.25) is 0 Å². The van der Waals surface area contributed by atoms with Crippen molar-refractivity contribution < 1.29 is 9.90 Å². The zero-order valence-corrected chi connectivity index (χ0v) is 8.55. The maximum atomic E-state index is 10.7. The van der Waals surface area contributed by atoms with Crippen molar-refractivity contribution in [2.45, 2.75) is 37.8 Å². The fraction of sp³-hybridized carbons (Fsp3) is 0.900. The molecule has 2 unspecified atom stereocenters. The number of carboxylic acids is 1. The van der Waals surface area contributed by atoms with Crippen LogP contribution >= 0.6 is 0 Å². The average molecular weight is 198 g/mol. The Bertz CT molecular complexity index is 238. The second-order valence-electron chi connectivity index (χ2n) is 4.61. The van der Waals surface area contributed by atoms with Crippen molar-refractivity contribution in [1.29, 1.82) is 0 Å². The summed E-state index contributed by atoms with van der Waals surface area (Å²) in [6, 6.07) is 0.571. The topological polar surface area (TPSA) is 61.4 Å². The van der Waals surface area contributed by atoms with Crippen molar-refractivity contribution in [1.82, 2.24) is 10.6 Å². The largest absolute Gasteiger partial charge is 0.481 e. The first-order valence-electron chi connectivity index (χ1n) is 5.35. The minimum Gasteiger partial charge on any atom is -0.481 e. The van der Waals surface area contributed by atoms with E-state index in [9.17, 15) is 4.79 Å². The lowest BCUT2D eigenvalue weighted by atomic mass is 9.88. The molecule has 0 aromatic heterocycles. The van der Waals surface area contributed by atoms with Crippen LogP contribution < -0.4 is 10.6 Å². The smallest absolute Gasteiger partial charge is 0.305 e. The summed E-state index contributed by atoms with van der Waals surface area (Å²) in [4.78, 5) is 10.7. The highest BCUT2D eigenvalue weighted by Crippen LogP contribution is 2.36. The number of carbonyl (C=O) groups is 1. The molecule has 14 heavy (non-hydrogen) atoms. The third-order valence-corrected chi connectivity index (χ3v) is 3.35. The van der Waals surface area contributed by atoms with E-state index in [1.54, 1.807) is 0 Å². The van der Waals surface area contributed by atoms with Crippen LogP contribution in [0.3, 0.4) is 0 Å². The van der Waals surface area contributed by atoms with Gasteiger partial charge in [0.25, 0.3) is 0 Å². The van der Waals surface area contributed by atoms with Crippen molar-refractivity contribution in [3.63, 3.8) is 0 Å². The van der Waals surface area contributed by atoms with Gasteiger partial charge in [-0.3, -0.25) is 4.79 Å². The molecule has 1 heterocycles. The van der Waals surface area contributed by atoms with Crippen LogP contribution in [-0.2, 0) is 4.79 Å². The Labute approximate surface area is 84.1 Å². The van der Waals surface area contributed by atoms with E-state index >= 15 is 0 Å². The van der Waals surface area contributed by atoms with Crippen molar-refractivity contribution >= 4 is 5.97 Å². The van der Waals surface area contributed by atoms with Crippen molar-refractivity contribution in [2.75, 3.05) is 13.1 Å². The molecule has 1 aliphatic heterocycles. The molecule has 0 spiro atoms. The van der Waals surface area contributed by atoms with E-state index in [0.717, 1.165) is 19.0 Å². The van der Waals surface area contributed by atoms with Gasteiger partial charge in [-0.25, -0.2) is 0 Å². The van der Waals surface area contributed by atoms with E-state index in [1.165, 1.54) is 12.8 Å². The third-order valence-electron chi connectivity index (χ3n) is 3.35. The predicted octanol–water partition coefficient (Wildman–Crippen LogP) is 0.191. The lowest BCUT2D eigenvalue weighted by Crippen LogP contribution is -2.69. The van der Waals surface area contributed by atoms with Gasteiger partial charge in [0.15, 0.2) is 0 Å². The molecule has 3 N–H and O–H groups in total. The third kappa shape index (κ3) is 1.91. The second-order valence-corrected chi connectivity index (χ2v) is 4.61. The molecule has 0 aromatic rings. The lowest BCUT2D eigenvalue weighted by molar-refractivity contribution is -0.139. The fourth-order valence-corrected chi connectivity index (χ4v) is 2.26. The Kier molecular flexibility index (Phi) is 2.49. The van der Waals surface area contributed by atoms with Gasteiger partial charge in [0, 0.05) is 19.1 Å². The first-order valence-corrected chi connectivity index (χ1v) is 5.35. The molecule has 1 saturated carbocycles. The molecule has 0 bridgehead atoms. The van der Waals surface area contributed by atoms with E-state index < -0.39 is 5.97 Å². The summed E-state index contributed by atoms with van der Waals surface area (Å²) in [6.45, 7) is 3.79. The van der Waals surface area contributed by atoms with E-state index in [0.29, 0.717) is 6.04 Å². The molecule has 0 amide bonds. The number of aliphatic carboxylic acids is 1. The number of nitrogens with one attached hydrogen (secondary N) is 2. The van der Waals surface area contributed by atoms with Gasteiger partial charge in [-0.1, -0.05) is 13.3 Å². The molecule has 2 atom stereocenters. The summed E-state index contributed by atoms with van der Waals surface area (Å²) >= 11 is 0. The van der Waals surface area contributed by atoms with Crippen molar-refractivity contribution in [2.24, 2.45) is 5.92 Å². The van der Waals surface area contributed by atoms with Crippen LogP contribution in [0.25, 0.3) is 0 Å². The van der Waals surface area contributed by atoms with Crippen LogP contribution in [0.5, 0.6) is 0 Å². The van der Waals surface area contributed by atoms with Crippen LogP contribution in [0.4, 0.5) is 0 Å². The molecule has 0 aromatic carbocycles. The number of hydrogen-bond acceptors (Lipinski definition) is 3. The van der Waals surface area contributed by atoms with Gasteiger partial charge in [-0.15, -0.1) is 0 Å². The molecule has 2 aliphatic rings. The molecule has 0 radical (unpaired) electrons. The van der Waals surface area contributed by atoms with Crippen LogP contribution in [0.1, 0.15) is 26.2 Å². The predicted molar refractivity (Wildman–Crippen MR) is 53.2 cm³/mol. The number of rotatable bonds is 5.